The molecule has 2 aromatic rings. The first-order valence-corrected chi connectivity index (χ1v) is 11.6. The van der Waals surface area contributed by atoms with Crippen molar-refractivity contribution in [3.63, 3.8) is 0 Å². The predicted octanol–water partition coefficient (Wildman–Crippen LogP) is 2.52. The number of carbonyl (C=O) groups is 3. The number of aryl methyl sites for hydroxylation is 2. The number of imidazole rings is 1. The summed E-state index contributed by atoms with van der Waals surface area (Å²) in [6.07, 6.45) is 6.35. The van der Waals surface area contributed by atoms with Gasteiger partial charge in [0, 0.05) is 45.9 Å². The summed E-state index contributed by atoms with van der Waals surface area (Å²) in [5.41, 5.74) is 0.457. The average Bonchev–Trinajstić information content (AvgIpc) is 3.33. The second-order valence-electron chi connectivity index (χ2n) is 9.09. The van der Waals surface area contributed by atoms with Crippen molar-refractivity contribution in [1.29, 1.82) is 0 Å². The number of benzene rings is 1. The molecule has 3 heterocycles. The maximum atomic E-state index is 13.8. The van der Waals surface area contributed by atoms with Gasteiger partial charge in [-0.1, -0.05) is 24.3 Å². The maximum absolute atomic E-state index is 13.8. The largest absolute Gasteiger partial charge is 0.383 e. The first-order chi connectivity index (χ1) is 15.9. The summed E-state index contributed by atoms with van der Waals surface area (Å²) in [5, 5.41) is 0. The topological polar surface area (TPSA) is 84.7 Å². The van der Waals surface area contributed by atoms with Crippen LogP contribution in [0.5, 0.6) is 0 Å². The van der Waals surface area contributed by atoms with Crippen molar-refractivity contribution in [2.24, 2.45) is 7.05 Å². The number of rotatable bonds is 7. The van der Waals surface area contributed by atoms with Crippen LogP contribution in [-0.4, -0.2) is 63.9 Å². The molecule has 0 N–H and O–H groups in total. The molecule has 2 aliphatic rings. The molecule has 4 rings (SSSR count). The molecule has 2 aliphatic heterocycles. The first kappa shape index (κ1) is 23.2. The Bertz CT molecular complexity index is 1050. The van der Waals surface area contributed by atoms with E-state index in [9.17, 15) is 14.4 Å². The molecule has 1 aromatic carbocycles. The summed E-state index contributed by atoms with van der Waals surface area (Å²) in [6.45, 7) is 3.00. The Labute approximate surface area is 194 Å². The number of piperidine rings is 1. The van der Waals surface area contributed by atoms with Crippen LogP contribution in [0.3, 0.4) is 0 Å². The quantitative estimate of drug-likeness (QED) is 0.603. The lowest BCUT2D eigenvalue weighted by Gasteiger charge is -2.38. The number of hydrogen-bond donors (Lipinski definition) is 0. The van der Waals surface area contributed by atoms with E-state index >= 15 is 0 Å². The lowest BCUT2D eigenvalue weighted by molar-refractivity contribution is -0.144. The molecule has 33 heavy (non-hydrogen) atoms. The average molecular weight is 453 g/mol. The highest BCUT2D eigenvalue weighted by atomic mass is 16.5. The molecule has 8 nitrogen and oxygen atoms in total. The van der Waals surface area contributed by atoms with Crippen molar-refractivity contribution in [3.8, 4) is 0 Å². The molecule has 1 aromatic heterocycles. The molecule has 0 radical (unpaired) electrons. The molecule has 3 amide bonds. The van der Waals surface area contributed by atoms with Gasteiger partial charge in [-0.05, 0) is 37.3 Å². The van der Waals surface area contributed by atoms with Crippen LogP contribution in [0.4, 0.5) is 0 Å². The zero-order valence-electron chi connectivity index (χ0n) is 19.6. The van der Waals surface area contributed by atoms with Gasteiger partial charge in [0.15, 0.2) is 0 Å². The first-order valence-electron chi connectivity index (χ1n) is 11.6. The molecule has 2 atom stereocenters. The van der Waals surface area contributed by atoms with Crippen molar-refractivity contribution in [1.82, 2.24) is 19.4 Å². The third kappa shape index (κ3) is 4.19. The van der Waals surface area contributed by atoms with Gasteiger partial charge in [-0.25, -0.2) is 4.98 Å². The molecule has 176 valence electrons. The number of likely N-dealkylation sites (tertiary alicyclic amines) is 2. The van der Waals surface area contributed by atoms with Gasteiger partial charge < -0.3 is 14.2 Å². The highest BCUT2D eigenvalue weighted by Crippen LogP contribution is 2.43. The number of methoxy groups -OCH3 is 1. The molecule has 0 unspecified atom stereocenters. The smallest absolute Gasteiger partial charge is 0.240 e. The fourth-order valence-electron chi connectivity index (χ4n) is 5.32. The van der Waals surface area contributed by atoms with Gasteiger partial charge in [0.1, 0.15) is 5.82 Å². The third-order valence-corrected chi connectivity index (χ3v) is 7.02. The van der Waals surface area contributed by atoms with E-state index in [2.05, 4.69) is 4.98 Å². The lowest BCUT2D eigenvalue weighted by atomic mass is 9.73. The molecule has 2 saturated heterocycles. The maximum Gasteiger partial charge on any atom is 0.240 e. The summed E-state index contributed by atoms with van der Waals surface area (Å²) < 4.78 is 7.06. The predicted molar refractivity (Wildman–Crippen MR) is 122 cm³/mol. The monoisotopic (exact) mass is 452 g/mol. The third-order valence-electron chi connectivity index (χ3n) is 7.02. The van der Waals surface area contributed by atoms with Crippen LogP contribution < -0.4 is 0 Å². The molecule has 8 heteroatoms. The Morgan fingerprint density at radius 3 is 2.73 bits per heavy atom. The Morgan fingerprint density at radius 2 is 2.03 bits per heavy atom. The van der Waals surface area contributed by atoms with E-state index in [1.165, 1.54) is 12.0 Å². The van der Waals surface area contributed by atoms with Crippen LogP contribution in [0.1, 0.15) is 55.1 Å². The van der Waals surface area contributed by atoms with E-state index in [-0.39, 0.29) is 49.8 Å². The highest BCUT2D eigenvalue weighted by Gasteiger charge is 2.54. The van der Waals surface area contributed by atoms with Crippen molar-refractivity contribution < 1.29 is 19.1 Å². The number of hydrogen-bond acceptors (Lipinski definition) is 5. The van der Waals surface area contributed by atoms with E-state index in [0.29, 0.717) is 6.54 Å². The minimum Gasteiger partial charge on any atom is -0.383 e. The van der Waals surface area contributed by atoms with Gasteiger partial charge in [0.2, 0.25) is 17.7 Å². The van der Waals surface area contributed by atoms with Gasteiger partial charge >= 0.3 is 0 Å². The number of amides is 3. The van der Waals surface area contributed by atoms with Crippen LogP contribution in [0, 0.1) is 6.92 Å². The van der Waals surface area contributed by atoms with Crippen molar-refractivity contribution in [2.45, 2.75) is 50.5 Å². The van der Waals surface area contributed by atoms with Crippen LogP contribution in [0.2, 0.25) is 0 Å². The number of ether oxygens (including phenoxy) is 1. The van der Waals surface area contributed by atoms with Crippen LogP contribution in [0.25, 0.3) is 0 Å². The number of carbonyl (C=O) groups excluding carboxylic acids is 3. The SMILES string of the molecule is COCCN1C(=O)C[C@](CC(=O)N2CCCC[C@H]2c2nccn2C)(c2ccccc2C)C1=O. The fraction of sp³-hybridized carbons (Fsp3) is 0.520. The van der Waals surface area contributed by atoms with Crippen molar-refractivity contribution in [3.05, 3.63) is 53.6 Å². The Hall–Kier alpha value is -3.00. The second-order valence-corrected chi connectivity index (χ2v) is 9.09. The Kier molecular flexibility index (Phi) is 6.65. The zero-order valence-corrected chi connectivity index (χ0v) is 19.6. The van der Waals surface area contributed by atoms with E-state index in [1.807, 2.05) is 53.9 Å². The van der Waals surface area contributed by atoms with Gasteiger partial charge in [0.25, 0.3) is 0 Å². The second kappa shape index (κ2) is 9.47. The van der Waals surface area contributed by atoms with Crippen LogP contribution >= 0.6 is 0 Å². The fourth-order valence-corrected chi connectivity index (χ4v) is 5.32. The molecular weight excluding hydrogens is 420 g/mol. The molecule has 2 fully saturated rings. The molecule has 0 saturated carbocycles. The standard InChI is InChI=1S/C25H32N4O4/c1-18-8-4-5-9-19(18)25(17-22(31)29(24(25)32)14-15-33-3)16-21(30)28-12-7-6-10-20(28)23-26-11-13-27(23)2/h4-5,8-9,11,13,20H,6-7,10,12,14-17H2,1-3H3/t20-,25+/m0/s1. The summed E-state index contributed by atoms with van der Waals surface area (Å²) >= 11 is 0. The van der Waals surface area contributed by atoms with Gasteiger partial charge in [-0.2, -0.15) is 0 Å². The lowest BCUT2D eigenvalue weighted by Crippen LogP contribution is -2.46. The molecule has 0 spiro atoms. The summed E-state index contributed by atoms with van der Waals surface area (Å²) in [5.74, 6) is 0.175. The van der Waals surface area contributed by atoms with Crippen LogP contribution in [-0.2, 0) is 31.6 Å². The van der Waals surface area contributed by atoms with Crippen molar-refractivity contribution >= 4 is 17.7 Å². The minimum absolute atomic E-state index is 0.00689. The molecule has 0 bridgehead atoms. The van der Waals surface area contributed by atoms with Crippen molar-refractivity contribution in [2.75, 3.05) is 26.8 Å². The summed E-state index contributed by atoms with van der Waals surface area (Å²) in [7, 11) is 3.47. The number of aromatic nitrogens is 2. The van der Waals surface area contributed by atoms with Gasteiger partial charge in [-0.3, -0.25) is 19.3 Å². The van der Waals surface area contributed by atoms with Gasteiger partial charge in [0.05, 0.1) is 24.6 Å². The Morgan fingerprint density at radius 1 is 1.24 bits per heavy atom. The normalized spacial score (nSPS) is 23.4. The summed E-state index contributed by atoms with van der Waals surface area (Å²) in [4.78, 5) is 48.1. The summed E-state index contributed by atoms with van der Waals surface area (Å²) in [6, 6.07) is 7.44. The molecular formula is C25H32N4O4. The molecule has 0 aliphatic carbocycles. The highest BCUT2D eigenvalue weighted by molar-refractivity contribution is 6.11. The number of nitrogens with zero attached hydrogens (tertiary/aromatic N) is 4. The van der Waals surface area contributed by atoms with Gasteiger partial charge in [-0.15, -0.1) is 0 Å². The number of imide groups is 1. The zero-order chi connectivity index (χ0) is 23.6. The van der Waals surface area contributed by atoms with Crippen LogP contribution in [0.15, 0.2) is 36.7 Å². The Balaban J connectivity index is 1.70. The van der Waals surface area contributed by atoms with E-state index in [4.69, 9.17) is 4.74 Å². The minimum atomic E-state index is -1.20. The van der Waals surface area contributed by atoms with E-state index in [0.717, 1.165) is 36.2 Å². The van der Waals surface area contributed by atoms with E-state index < -0.39 is 5.41 Å². The van der Waals surface area contributed by atoms with E-state index in [1.54, 1.807) is 6.20 Å².